The Morgan fingerprint density at radius 2 is 1.85 bits per heavy atom. The van der Waals surface area contributed by atoms with Crippen molar-refractivity contribution < 1.29 is 19.1 Å². The van der Waals surface area contributed by atoms with E-state index in [1.165, 1.54) is 6.92 Å². The third-order valence-corrected chi connectivity index (χ3v) is 4.48. The normalized spacial score (nSPS) is 10.7. The lowest BCUT2D eigenvalue weighted by Gasteiger charge is -2.10. The molecule has 0 radical (unpaired) electrons. The highest BCUT2D eigenvalue weighted by Crippen LogP contribution is 2.27. The minimum Gasteiger partial charge on any atom is -0.485 e. The molecule has 5 heteroatoms. The van der Waals surface area contributed by atoms with Crippen molar-refractivity contribution in [3.05, 3.63) is 64.5 Å². The van der Waals surface area contributed by atoms with Gasteiger partial charge in [0.15, 0.2) is 18.7 Å². The highest BCUT2D eigenvalue weighted by atomic mass is 16.5. The molecule has 0 fully saturated rings. The molecule has 0 atom stereocenters. The second-order valence-corrected chi connectivity index (χ2v) is 6.21. The molecule has 0 saturated heterocycles. The maximum absolute atomic E-state index is 12.5. The summed E-state index contributed by atoms with van der Waals surface area (Å²) in [6.07, 6.45) is 0.736. The largest absolute Gasteiger partial charge is 0.485 e. The number of nitrogens with one attached hydrogen (secondary N) is 1. The average molecular weight is 349 g/mol. The SMILES string of the molecule is CC(=O)c1c(C)[nH]c(C(=O)COc2ccc3ccccc3c2C=O)c1C. The Balaban J connectivity index is 1.87. The Morgan fingerprint density at radius 1 is 1.12 bits per heavy atom. The molecule has 0 amide bonds. The predicted molar refractivity (Wildman–Crippen MR) is 99.4 cm³/mol. The van der Waals surface area contributed by atoms with E-state index < -0.39 is 0 Å². The van der Waals surface area contributed by atoms with E-state index in [2.05, 4.69) is 4.98 Å². The number of hydrogen-bond donors (Lipinski definition) is 1. The third-order valence-electron chi connectivity index (χ3n) is 4.48. The number of aldehydes is 1. The lowest BCUT2D eigenvalue weighted by atomic mass is 10.0. The zero-order chi connectivity index (χ0) is 18.8. The molecule has 0 aliphatic carbocycles. The molecule has 0 spiro atoms. The highest BCUT2D eigenvalue weighted by Gasteiger charge is 2.20. The molecule has 2 aromatic carbocycles. The zero-order valence-electron chi connectivity index (χ0n) is 14.9. The van der Waals surface area contributed by atoms with Crippen LogP contribution in [-0.2, 0) is 0 Å². The van der Waals surface area contributed by atoms with E-state index in [1.54, 1.807) is 19.9 Å². The molecule has 1 heterocycles. The second kappa shape index (κ2) is 6.96. The van der Waals surface area contributed by atoms with Crippen LogP contribution < -0.4 is 4.74 Å². The summed E-state index contributed by atoms with van der Waals surface area (Å²) in [4.78, 5) is 38.7. The molecule has 1 aromatic heterocycles. The number of rotatable bonds is 6. The molecule has 0 bridgehead atoms. The number of carbonyl (C=O) groups is 3. The van der Waals surface area contributed by atoms with Crippen molar-refractivity contribution in [1.82, 2.24) is 4.98 Å². The van der Waals surface area contributed by atoms with Crippen LogP contribution in [0.2, 0.25) is 0 Å². The van der Waals surface area contributed by atoms with Crippen molar-refractivity contribution in [1.29, 1.82) is 0 Å². The molecule has 1 N–H and O–H groups in total. The average Bonchev–Trinajstić information content (AvgIpc) is 2.93. The number of fused-ring (bicyclic) bond motifs is 1. The van der Waals surface area contributed by atoms with Crippen molar-refractivity contribution in [2.45, 2.75) is 20.8 Å². The van der Waals surface area contributed by atoms with Gasteiger partial charge < -0.3 is 9.72 Å². The molecule has 3 rings (SSSR count). The number of hydrogen-bond acceptors (Lipinski definition) is 4. The molecule has 26 heavy (non-hydrogen) atoms. The van der Waals surface area contributed by atoms with E-state index in [0.717, 1.165) is 17.1 Å². The Labute approximate surface area is 151 Å². The summed E-state index contributed by atoms with van der Waals surface area (Å²) < 4.78 is 5.63. The molecule has 132 valence electrons. The molecule has 0 aliphatic heterocycles. The second-order valence-electron chi connectivity index (χ2n) is 6.21. The first kappa shape index (κ1) is 17.6. The summed E-state index contributed by atoms with van der Waals surface area (Å²) >= 11 is 0. The van der Waals surface area contributed by atoms with Crippen LogP contribution in [0.25, 0.3) is 10.8 Å². The van der Waals surface area contributed by atoms with E-state index in [1.807, 2.05) is 30.3 Å². The van der Waals surface area contributed by atoms with Gasteiger partial charge >= 0.3 is 0 Å². The molecule has 3 aromatic rings. The van der Waals surface area contributed by atoms with Crippen LogP contribution in [0, 0.1) is 13.8 Å². The van der Waals surface area contributed by atoms with Gasteiger partial charge in [0.05, 0.1) is 11.3 Å². The fraction of sp³-hybridized carbons (Fsp3) is 0.190. The Hall–Kier alpha value is -3.21. The van der Waals surface area contributed by atoms with E-state index in [-0.39, 0.29) is 18.2 Å². The summed E-state index contributed by atoms with van der Waals surface area (Å²) in [6, 6.07) is 11.0. The number of aromatic amines is 1. The summed E-state index contributed by atoms with van der Waals surface area (Å²) in [5, 5.41) is 1.70. The number of aromatic nitrogens is 1. The Bertz CT molecular complexity index is 1030. The molecule has 0 aliphatic rings. The fourth-order valence-electron chi connectivity index (χ4n) is 3.30. The number of carbonyl (C=O) groups excluding carboxylic acids is 3. The van der Waals surface area contributed by atoms with Crippen molar-refractivity contribution in [2.24, 2.45) is 0 Å². The van der Waals surface area contributed by atoms with Crippen LogP contribution in [0.5, 0.6) is 5.75 Å². The lowest BCUT2D eigenvalue weighted by Crippen LogP contribution is -2.14. The number of ketones is 2. The van der Waals surface area contributed by atoms with E-state index in [9.17, 15) is 14.4 Å². The maximum atomic E-state index is 12.5. The number of ether oxygens (including phenoxy) is 1. The quantitative estimate of drug-likeness (QED) is 0.538. The first-order valence-electron chi connectivity index (χ1n) is 8.27. The predicted octanol–water partition coefficient (Wildman–Crippen LogP) is 4.06. The van der Waals surface area contributed by atoms with Crippen LogP contribution in [0.15, 0.2) is 36.4 Å². The van der Waals surface area contributed by atoms with Crippen molar-refractivity contribution >= 4 is 28.6 Å². The minimum absolute atomic E-state index is 0.0889. The highest BCUT2D eigenvalue weighted by molar-refractivity contribution is 6.04. The van der Waals surface area contributed by atoms with E-state index in [4.69, 9.17) is 4.74 Å². The standard InChI is InChI=1S/C21H19NO4/c1-12-20(14(3)24)13(2)22-21(12)18(25)11-26-19-9-8-15-6-4-5-7-16(15)17(19)10-23/h4-10,22H,11H2,1-3H3. The summed E-state index contributed by atoms with van der Waals surface area (Å²) in [7, 11) is 0. The minimum atomic E-state index is -0.275. The van der Waals surface area contributed by atoms with Gasteiger partial charge in [-0.2, -0.15) is 0 Å². The van der Waals surface area contributed by atoms with Crippen molar-refractivity contribution in [3.63, 3.8) is 0 Å². The van der Waals surface area contributed by atoms with Gasteiger partial charge in [-0.05, 0) is 43.2 Å². The number of benzene rings is 2. The van der Waals surface area contributed by atoms with Gasteiger partial charge in [-0.3, -0.25) is 14.4 Å². The Kier molecular flexibility index (Phi) is 4.71. The van der Waals surface area contributed by atoms with Crippen LogP contribution in [0.4, 0.5) is 0 Å². The Morgan fingerprint density at radius 3 is 2.50 bits per heavy atom. The fourth-order valence-corrected chi connectivity index (χ4v) is 3.30. The van der Waals surface area contributed by atoms with E-state index in [0.29, 0.717) is 33.8 Å². The molecular weight excluding hydrogens is 330 g/mol. The monoisotopic (exact) mass is 349 g/mol. The topological polar surface area (TPSA) is 76.2 Å². The van der Waals surface area contributed by atoms with Gasteiger partial charge in [0.1, 0.15) is 5.75 Å². The first-order valence-corrected chi connectivity index (χ1v) is 8.27. The van der Waals surface area contributed by atoms with Crippen LogP contribution in [-0.4, -0.2) is 29.4 Å². The van der Waals surface area contributed by atoms with Crippen LogP contribution in [0.3, 0.4) is 0 Å². The first-order chi connectivity index (χ1) is 12.4. The number of Topliss-reactive ketones (excluding diaryl/α,β-unsaturated/α-hetero) is 2. The van der Waals surface area contributed by atoms with Crippen LogP contribution >= 0.6 is 0 Å². The summed E-state index contributed by atoms with van der Waals surface area (Å²) in [6.45, 7) is 4.74. The van der Waals surface area contributed by atoms with Crippen LogP contribution in [0.1, 0.15) is 49.4 Å². The zero-order valence-corrected chi connectivity index (χ0v) is 14.9. The number of H-pyrrole nitrogens is 1. The summed E-state index contributed by atoms with van der Waals surface area (Å²) in [5.74, 6) is -0.00290. The molecule has 5 nitrogen and oxygen atoms in total. The lowest BCUT2D eigenvalue weighted by molar-refractivity contribution is 0.0913. The van der Waals surface area contributed by atoms with Gasteiger partial charge in [0, 0.05) is 11.3 Å². The molecule has 0 unspecified atom stereocenters. The number of aryl methyl sites for hydroxylation is 1. The molecular formula is C21H19NO4. The molecule has 0 saturated carbocycles. The maximum Gasteiger partial charge on any atom is 0.216 e. The van der Waals surface area contributed by atoms with E-state index >= 15 is 0 Å². The van der Waals surface area contributed by atoms with Gasteiger partial charge in [-0.25, -0.2) is 0 Å². The summed E-state index contributed by atoms with van der Waals surface area (Å²) in [5.41, 5.74) is 2.60. The third kappa shape index (κ3) is 3.04. The van der Waals surface area contributed by atoms with Crippen molar-refractivity contribution in [3.8, 4) is 5.75 Å². The van der Waals surface area contributed by atoms with Gasteiger partial charge in [-0.1, -0.05) is 30.3 Å². The van der Waals surface area contributed by atoms with Crippen molar-refractivity contribution in [2.75, 3.05) is 6.61 Å². The smallest absolute Gasteiger partial charge is 0.216 e. The van der Waals surface area contributed by atoms with Gasteiger partial charge in [-0.15, -0.1) is 0 Å². The van der Waals surface area contributed by atoms with Gasteiger partial charge in [0.25, 0.3) is 0 Å². The van der Waals surface area contributed by atoms with Gasteiger partial charge in [0.2, 0.25) is 5.78 Å².